The molecular formula is C16H12O3. The Bertz CT molecular complexity index is 787. The van der Waals surface area contributed by atoms with E-state index in [4.69, 9.17) is 9.15 Å². The van der Waals surface area contributed by atoms with Crippen LogP contribution in [0.2, 0.25) is 0 Å². The van der Waals surface area contributed by atoms with Crippen molar-refractivity contribution in [2.75, 3.05) is 0 Å². The molecule has 0 aliphatic heterocycles. The summed E-state index contributed by atoms with van der Waals surface area (Å²) in [6, 6.07) is 16.4. The quantitative estimate of drug-likeness (QED) is 0.649. The number of ether oxygens (including phenoxy) is 1. The Morgan fingerprint density at radius 3 is 2.58 bits per heavy atom. The van der Waals surface area contributed by atoms with Crippen LogP contribution in [0.5, 0.6) is 11.5 Å². The third-order valence-electron chi connectivity index (χ3n) is 2.82. The average Bonchev–Trinajstić information content (AvgIpc) is 2.38. The molecule has 0 unspecified atom stereocenters. The predicted octanol–water partition coefficient (Wildman–Crippen LogP) is 3.89. The van der Waals surface area contributed by atoms with E-state index >= 15 is 0 Å². The van der Waals surface area contributed by atoms with Crippen molar-refractivity contribution in [3.05, 3.63) is 70.6 Å². The molecule has 19 heavy (non-hydrogen) atoms. The van der Waals surface area contributed by atoms with E-state index in [1.165, 1.54) is 6.07 Å². The number of benzene rings is 2. The van der Waals surface area contributed by atoms with E-state index in [0.29, 0.717) is 11.3 Å². The molecule has 3 heteroatoms. The van der Waals surface area contributed by atoms with Crippen LogP contribution in [0.15, 0.2) is 63.8 Å². The molecule has 3 rings (SSSR count). The van der Waals surface area contributed by atoms with Gasteiger partial charge in [0.15, 0.2) is 0 Å². The highest BCUT2D eigenvalue weighted by Gasteiger charge is 2.02. The molecule has 1 aromatic heterocycles. The van der Waals surface area contributed by atoms with Gasteiger partial charge in [0, 0.05) is 17.5 Å². The highest BCUT2D eigenvalue weighted by atomic mass is 16.5. The van der Waals surface area contributed by atoms with Gasteiger partial charge in [0.25, 0.3) is 0 Å². The topological polar surface area (TPSA) is 39.4 Å². The van der Waals surface area contributed by atoms with Crippen LogP contribution < -0.4 is 10.4 Å². The maximum absolute atomic E-state index is 11.2. The maximum atomic E-state index is 11.2. The molecule has 0 atom stereocenters. The first-order chi connectivity index (χ1) is 9.20. The predicted molar refractivity (Wildman–Crippen MR) is 73.7 cm³/mol. The van der Waals surface area contributed by atoms with Gasteiger partial charge in [0.1, 0.15) is 17.1 Å². The summed E-state index contributed by atoms with van der Waals surface area (Å²) >= 11 is 0. The van der Waals surface area contributed by atoms with Crippen LogP contribution in [0.3, 0.4) is 0 Å². The first-order valence-electron chi connectivity index (χ1n) is 5.99. The van der Waals surface area contributed by atoms with E-state index in [0.717, 1.165) is 16.7 Å². The normalized spacial score (nSPS) is 10.6. The van der Waals surface area contributed by atoms with E-state index in [-0.39, 0.29) is 5.63 Å². The van der Waals surface area contributed by atoms with Gasteiger partial charge in [-0.1, -0.05) is 12.1 Å². The first-order valence-corrected chi connectivity index (χ1v) is 5.99. The monoisotopic (exact) mass is 252 g/mol. The van der Waals surface area contributed by atoms with Crippen molar-refractivity contribution >= 4 is 11.0 Å². The van der Waals surface area contributed by atoms with Gasteiger partial charge in [-0.15, -0.1) is 0 Å². The lowest BCUT2D eigenvalue weighted by molar-refractivity contribution is 0.480. The second-order valence-corrected chi connectivity index (χ2v) is 4.37. The van der Waals surface area contributed by atoms with E-state index < -0.39 is 0 Å². The van der Waals surface area contributed by atoms with Crippen molar-refractivity contribution in [1.29, 1.82) is 0 Å². The minimum Gasteiger partial charge on any atom is -0.457 e. The zero-order valence-electron chi connectivity index (χ0n) is 10.4. The highest BCUT2D eigenvalue weighted by Crippen LogP contribution is 2.25. The lowest BCUT2D eigenvalue weighted by Crippen LogP contribution is -1.94. The molecule has 0 amide bonds. The summed E-state index contributed by atoms with van der Waals surface area (Å²) in [6.45, 7) is 2.01. The standard InChI is InChI=1S/C16H12O3/c1-11-3-2-4-13(9-11)18-14-7-5-12-6-8-16(17)19-15(12)10-14/h2-10H,1H3. The summed E-state index contributed by atoms with van der Waals surface area (Å²) in [7, 11) is 0. The Morgan fingerprint density at radius 2 is 1.74 bits per heavy atom. The smallest absolute Gasteiger partial charge is 0.336 e. The molecule has 94 valence electrons. The minimum absolute atomic E-state index is 0.361. The molecule has 0 aliphatic rings. The van der Waals surface area contributed by atoms with Crippen LogP contribution >= 0.6 is 0 Å². The molecule has 3 aromatic rings. The molecule has 0 spiro atoms. The number of aryl methyl sites for hydroxylation is 1. The third-order valence-corrected chi connectivity index (χ3v) is 2.82. The van der Waals surface area contributed by atoms with Crippen LogP contribution in [0.25, 0.3) is 11.0 Å². The molecule has 0 aliphatic carbocycles. The summed E-state index contributed by atoms with van der Waals surface area (Å²) in [5.74, 6) is 1.41. The Labute approximate surface area is 110 Å². The molecule has 2 aromatic carbocycles. The molecule has 3 nitrogen and oxygen atoms in total. The zero-order chi connectivity index (χ0) is 13.2. The van der Waals surface area contributed by atoms with Crippen molar-refractivity contribution in [2.24, 2.45) is 0 Å². The van der Waals surface area contributed by atoms with Gasteiger partial charge in [-0.25, -0.2) is 4.79 Å². The van der Waals surface area contributed by atoms with Crippen molar-refractivity contribution < 1.29 is 9.15 Å². The van der Waals surface area contributed by atoms with Crippen molar-refractivity contribution in [3.63, 3.8) is 0 Å². The Morgan fingerprint density at radius 1 is 0.947 bits per heavy atom. The Hall–Kier alpha value is -2.55. The van der Waals surface area contributed by atoms with Crippen LogP contribution in [-0.2, 0) is 0 Å². The molecule has 0 saturated carbocycles. The number of fused-ring (bicyclic) bond motifs is 1. The fourth-order valence-corrected chi connectivity index (χ4v) is 1.92. The number of rotatable bonds is 2. The fraction of sp³-hybridized carbons (Fsp3) is 0.0625. The van der Waals surface area contributed by atoms with E-state index in [2.05, 4.69) is 0 Å². The van der Waals surface area contributed by atoms with Gasteiger partial charge in [-0.05, 0) is 42.8 Å². The Kier molecular flexibility index (Phi) is 2.80. The molecular weight excluding hydrogens is 240 g/mol. The molecule has 1 heterocycles. The van der Waals surface area contributed by atoms with Crippen LogP contribution in [-0.4, -0.2) is 0 Å². The van der Waals surface area contributed by atoms with Gasteiger partial charge in [-0.2, -0.15) is 0 Å². The van der Waals surface area contributed by atoms with E-state index in [1.54, 1.807) is 12.1 Å². The van der Waals surface area contributed by atoms with Gasteiger partial charge in [0.2, 0.25) is 0 Å². The maximum Gasteiger partial charge on any atom is 0.336 e. The lowest BCUT2D eigenvalue weighted by Gasteiger charge is -2.06. The summed E-state index contributed by atoms with van der Waals surface area (Å²) < 4.78 is 10.9. The molecule has 0 fully saturated rings. The number of hydrogen-bond donors (Lipinski definition) is 0. The summed E-state index contributed by atoms with van der Waals surface area (Å²) in [5.41, 5.74) is 1.29. The van der Waals surface area contributed by atoms with Gasteiger partial charge in [0.05, 0.1) is 0 Å². The van der Waals surface area contributed by atoms with Crippen molar-refractivity contribution in [2.45, 2.75) is 6.92 Å². The van der Waals surface area contributed by atoms with E-state index in [1.807, 2.05) is 43.3 Å². The summed E-state index contributed by atoms with van der Waals surface area (Å²) in [5, 5.41) is 0.871. The highest BCUT2D eigenvalue weighted by molar-refractivity contribution is 5.77. The Balaban J connectivity index is 1.99. The third kappa shape index (κ3) is 2.50. The summed E-state index contributed by atoms with van der Waals surface area (Å²) in [4.78, 5) is 11.2. The lowest BCUT2D eigenvalue weighted by atomic mass is 10.2. The number of hydrogen-bond acceptors (Lipinski definition) is 3. The fourth-order valence-electron chi connectivity index (χ4n) is 1.92. The van der Waals surface area contributed by atoms with Crippen LogP contribution in [0.4, 0.5) is 0 Å². The largest absolute Gasteiger partial charge is 0.457 e. The molecule has 0 N–H and O–H groups in total. The SMILES string of the molecule is Cc1cccc(Oc2ccc3ccc(=O)oc3c2)c1. The van der Waals surface area contributed by atoms with E-state index in [9.17, 15) is 4.79 Å². The zero-order valence-corrected chi connectivity index (χ0v) is 10.4. The second kappa shape index (κ2) is 4.61. The summed E-state index contributed by atoms with van der Waals surface area (Å²) in [6.07, 6.45) is 0. The van der Waals surface area contributed by atoms with Crippen molar-refractivity contribution in [3.8, 4) is 11.5 Å². The van der Waals surface area contributed by atoms with Gasteiger partial charge in [-0.3, -0.25) is 0 Å². The molecule has 0 saturated heterocycles. The molecule has 0 radical (unpaired) electrons. The molecule has 0 bridgehead atoms. The van der Waals surface area contributed by atoms with Crippen LogP contribution in [0, 0.1) is 6.92 Å². The van der Waals surface area contributed by atoms with Gasteiger partial charge < -0.3 is 9.15 Å². The minimum atomic E-state index is -0.361. The van der Waals surface area contributed by atoms with Crippen LogP contribution in [0.1, 0.15) is 5.56 Å². The van der Waals surface area contributed by atoms with Crippen molar-refractivity contribution in [1.82, 2.24) is 0 Å². The average molecular weight is 252 g/mol. The van der Waals surface area contributed by atoms with Gasteiger partial charge >= 0.3 is 5.63 Å². The second-order valence-electron chi connectivity index (χ2n) is 4.37. The first kappa shape index (κ1) is 11.5.